The molecule has 8 heteroatoms. The molecule has 0 unspecified atom stereocenters. The number of rotatable bonds is 5. The zero-order valence-corrected chi connectivity index (χ0v) is 20.5. The molecule has 6 aromatic rings. The highest BCUT2D eigenvalue weighted by Gasteiger charge is 2.24. The van der Waals surface area contributed by atoms with Crippen LogP contribution < -0.4 is 5.56 Å². The Kier molecular flexibility index (Phi) is 5.30. The summed E-state index contributed by atoms with van der Waals surface area (Å²) in [5, 5.41) is 6.90. The monoisotopic (exact) mass is 491 g/mol. The van der Waals surface area contributed by atoms with Crippen molar-refractivity contribution in [1.82, 2.24) is 24.1 Å². The first kappa shape index (κ1) is 22.1. The number of fused-ring (bicyclic) bond motifs is 2. The first-order valence-corrected chi connectivity index (χ1v) is 12.5. The molecule has 36 heavy (non-hydrogen) atoms. The summed E-state index contributed by atoms with van der Waals surface area (Å²) in [6.07, 6.45) is 0.214. The number of aromatic nitrogens is 5. The van der Waals surface area contributed by atoms with Crippen LogP contribution in [0, 0.1) is 6.92 Å². The van der Waals surface area contributed by atoms with E-state index in [-0.39, 0.29) is 29.4 Å². The van der Waals surface area contributed by atoms with Crippen LogP contribution in [-0.4, -0.2) is 29.9 Å². The lowest BCUT2D eigenvalue weighted by molar-refractivity contribution is 0.0976. The molecular formula is C28H21N5O2S. The summed E-state index contributed by atoms with van der Waals surface area (Å²) in [4.78, 5) is 37.6. The highest BCUT2D eigenvalue weighted by atomic mass is 32.1. The molecular weight excluding hydrogens is 470 g/mol. The van der Waals surface area contributed by atoms with Gasteiger partial charge in [-0.15, -0.1) is 16.4 Å². The Labute approximate surface area is 210 Å². The third-order valence-electron chi connectivity index (χ3n) is 6.13. The minimum atomic E-state index is -0.366. The largest absolute Gasteiger partial charge is 0.291 e. The summed E-state index contributed by atoms with van der Waals surface area (Å²) in [7, 11) is 0. The van der Waals surface area contributed by atoms with E-state index in [1.54, 1.807) is 22.9 Å². The fourth-order valence-electron chi connectivity index (χ4n) is 4.28. The molecule has 0 aliphatic carbocycles. The van der Waals surface area contributed by atoms with E-state index in [2.05, 4.69) is 5.10 Å². The van der Waals surface area contributed by atoms with Gasteiger partial charge in [0, 0.05) is 12.0 Å². The molecule has 2 aromatic carbocycles. The second-order valence-electron chi connectivity index (χ2n) is 8.50. The third kappa shape index (κ3) is 3.54. The van der Waals surface area contributed by atoms with Crippen molar-refractivity contribution in [3.05, 3.63) is 99.9 Å². The van der Waals surface area contributed by atoms with Gasteiger partial charge in [0.2, 0.25) is 11.6 Å². The molecule has 0 atom stereocenters. The number of benzene rings is 2. The predicted molar refractivity (Wildman–Crippen MR) is 142 cm³/mol. The van der Waals surface area contributed by atoms with Gasteiger partial charge >= 0.3 is 0 Å². The van der Waals surface area contributed by atoms with Crippen LogP contribution in [0.4, 0.5) is 0 Å². The summed E-state index contributed by atoms with van der Waals surface area (Å²) < 4.78 is 2.87. The van der Waals surface area contributed by atoms with Crippen molar-refractivity contribution in [3.8, 4) is 27.4 Å². The molecule has 0 saturated carbocycles. The number of carbonyl (C=O) groups is 1. The second kappa shape index (κ2) is 8.66. The van der Waals surface area contributed by atoms with E-state index in [1.165, 1.54) is 4.40 Å². The minimum Gasteiger partial charge on any atom is -0.291 e. The second-order valence-corrected chi connectivity index (χ2v) is 9.44. The van der Waals surface area contributed by atoms with Gasteiger partial charge in [0.15, 0.2) is 11.4 Å². The number of hydrogen-bond donors (Lipinski definition) is 0. The highest BCUT2D eigenvalue weighted by Crippen LogP contribution is 2.32. The summed E-state index contributed by atoms with van der Waals surface area (Å²) in [5.74, 6) is 0.0790. The average Bonchev–Trinajstić information content (AvgIpc) is 3.58. The number of Topliss-reactive ketones (excluding diaryl/α,β-unsaturated/α-hetero) is 1. The number of ketones is 1. The van der Waals surface area contributed by atoms with Crippen molar-refractivity contribution >= 4 is 33.9 Å². The molecule has 0 radical (unpaired) electrons. The lowest BCUT2D eigenvalue weighted by Gasteiger charge is -2.10. The van der Waals surface area contributed by atoms with E-state index in [9.17, 15) is 9.59 Å². The fraction of sp³-hybridized carbons (Fsp3) is 0.107. The smallest absolute Gasteiger partial charge is 0.271 e. The maximum absolute atomic E-state index is 14.1. The van der Waals surface area contributed by atoms with E-state index in [1.807, 2.05) is 85.1 Å². The van der Waals surface area contributed by atoms with Crippen LogP contribution in [0.3, 0.4) is 0 Å². The lowest BCUT2D eigenvalue weighted by Crippen LogP contribution is -2.20. The Balaban J connectivity index is 1.76. The molecule has 0 amide bonds. The molecule has 7 nitrogen and oxygen atoms in total. The molecule has 4 aromatic heterocycles. The van der Waals surface area contributed by atoms with Crippen molar-refractivity contribution < 1.29 is 4.79 Å². The number of aryl methyl sites for hydroxylation is 1. The fourth-order valence-corrected chi connectivity index (χ4v) is 4.97. The molecule has 0 fully saturated rings. The zero-order chi connectivity index (χ0) is 24.8. The first-order valence-electron chi connectivity index (χ1n) is 11.6. The van der Waals surface area contributed by atoms with Gasteiger partial charge in [0.25, 0.3) is 5.56 Å². The topological polar surface area (TPSA) is 82.2 Å². The van der Waals surface area contributed by atoms with Gasteiger partial charge in [-0.3, -0.25) is 9.59 Å². The molecule has 0 N–H and O–H groups in total. The van der Waals surface area contributed by atoms with Crippen LogP contribution in [0.2, 0.25) is 0 Å². The molecule has 176 valence electrons. The van der Waals surface area contributed by atoms with Crippen LogP contribution in [0.5, 0.6) is 0 Å². The standard InChI is InChI=1S/C28H21N5O2S/c1-3-22(34)26-31-33(19-13-11-17(2)12-14-19)28-30-25-24(27(35)32(26)28)20(18-8-5-4-6-9-18)16-21(29-25)23-10-7-15-36-23/h4-16H,3H2,1-2H3. The number of thiophene rings is 1. The molecule has 0 aliphatic rings. The zero-order valence-electron chi connectivity index (χ0n) is 19.7. The van der Waals surface area contributed by atoms with Crippen LogP contribution in [0.25, 0.3) is 44.2 Å². The van der Waals surface area contributed by atoms with E-state index in [0.29, 0.717) is 22.3 Å². The van der Waals surface area contributed by atoms with Crippen LogP contribution in [0.1, 0.15) is 29.5 Å². The molecule has 0 aliphatic heterocycles. The van der Waals surface area contributed by atoms with E-state index < -0.39 is 0 Å². The molecule has 6 rings (SSSR count). The third-order valence-corrected chi connectivity index (χ3v) is 7.02. The van der Waals surface area contributed by atoms with E-state index in [4.69, 9.17) is 9.97 Å². The Morgan fingerprint density at radius 3 is 2.44 bits per heavy atom. The van der Waals surface area contributed by atoms with Crippen molar-refractivity contribution in [2.75, 3.05) is 0 Å². The predicted octanol–water partition coefficient (Wildman–Crippen LogP) is 5.73. The Morgan fingerprint density at radius 1 is 0.972 bits per heavy atom. The van der Waals surface area contributed by atoms with Crippen molar-refractivity contribution in [2.24, 2.45) is 0 Å². The van der Waals surface area contributed by atoms with Gasteiger partial charge in [-0.1, -0.05) is 61.0 Å². The van der Waals surface area contributed by atoms with Gasteiger partial charge in [-0.25, -0.2) is 9.38 Å². The van der Waals surface area contributed by atoms with Crippen LogP contribution in [0.15, 0.2) is 83.0 Å². The summed E-state index contributed by atoms with van der Waals surface area (Å²) in [5.41, 5.74) is 4.06. The van der Waals surface area contributed by atoms with E-state index in [0.717, 1.165) is 21.7 Å². The normalized spacial score (nSPS) is 11.4. The van der Waals surface area contributed by atoms with Gasteiger partial charge in [0.1, 0.15) is 0 Å². The van der Waals surface area contributed by atoms with Crippen LogP contribution in [-0.2, 0) is 0 Å². The quantitative estimate of drug-likeness (QED) is 0.288. The number of nitrogens with zero attached hydrogens (tertiary/aromatic N) is 5. The Hall–Kier alpha value is -4.43. The van der Waals surface area contributed by atoms with Crippen molar-refractivity contribution in [1.29, 1.82) is 0 Å². The van der Waals surface area contributed by atoms with Crippen LogP contribution >= 0.6 is 11.3 Å². The highest BCUT2D eigenvalue weighted by molar-refractivity contribution is 7.13. The van der Waals surface area contributed by atoms with Gasteiger partial charge < -0.3 is 0 Å². The minimum absolute atomic E-state index is 0.0637. The van der Waals surface area contributed by atoms with E-state index >= 15 is 0 Å². The first-order chi connectivity index (χ1) is 17.5. The maximum Gasteiger partial charge on any atom is 0.271 e. The summed E-state index contributed by atoms with van der Waals surface area (Å²) in [6, 6.07) is 23.3. The van der Waals surface area contributed by atoms with Gasteiger partial charge in [-0.2, -0.15) is 9.67 Å². The van der Waals surface area contributed by atoms with Gasteiger partial charge in [0.05, 0.1) is 21.6 Å². The molecule has 0 bridgehead atoms. The summed E-state index contributed by atoms with van der Waals surface area (Å²) in [6.45, 7) is 3.75. The number of pyridine rings is 1. The SMILES string of the molecule is CCC(=O)c1nn(-c2ccc(C)cc2)c2nc3nc(-c4cccs4)cc(-c4ccccc4)c3c(=O)n12. The van der Waals surface area contributed by atoms with Gasteiger partial charge in [-0.05, 0) is 42.1 Å². The lowest BCUT2D eigenvalue weighted by atomic mass is 10.0. The molecule has 4 heterocycles. The molecule has 0 saturated heterocycles. The maximum atomic E-state index is 14.1. The average molecular weight is 492 g/mol. The Morgan fingerprint density at radius 2 is 1.75 bits per heavy atom. The number of carbonyl (C=O) groups excluding carboxylic acids is 1. The summed E-state index contributed by atoms with van der Waals surface area (Å²) >= 11 is 1.57. The molecule has 0 spiro atoms. The van der Waals surface area contributed by atoms with Crippen molar-refractivity contribution in [2.45, 2.75) is 20.3 Å². The number of hydrogen-bond acceptors (Lipinski definition) is 6. The van der Waals surface area contributed by atoms with Crippen molar-refractivity contribution in [3.63, 3.8) is 0 Å². The Bertz CT molecular complexity index is 1800.